The van der Waals surface area contributed by atoms with Crippen LogP contribution in [-0.2, 0) is 16.9 Å². The van der Waals surface area contributed by atoms with Crippen molar-refractivity contribution in [2.45, 2.75) is 56.9 Å². The molecule has 2 atom stereocenters. The first-order chi connectivity index (χ1) is 14.0. The molecule has 150 valence electrons. The van der Waals surface area contributed by atoms with Crippen molar-refractivity contribution in [1.82, 2.24) is 19.5 Å². The number of piperidine rings is 1. The number of carbonyl (C=O) groups is 1. The molecule has 2 aliphatic rings. The maximum atomic E-state index is 12.8. The minimum atomic E-state index is -1.01. The third kappa shape index (κ3) is 3.25. The molecule has 7 nitrogen and oxygen atoms in total. The molecule has 1 N–H and O–H groups in total. The molecular weight excluding hydrogens is 368 g/mol. The lowest BCUT2D eigenvalue weighted by Crippen LogP contribution is -2.52. The second kappa shape index (κ2) is 6.84. The summed E-state index contributed by atoms with van der Waals surface area (Å²) in [6.45, 7) is 2.18. The van der Waals surface area contributed by atoms with Crippen molar-refractivity contribution in [3.63, 3.8) is 0 Å². The average molecular weight is 392 g/mol. The third-order valence-corrected chi connectivity index (χ3v) is 6.16. The van der Waals surface area contributed by atoms with Crippen LogP contribution in [0.5, 0.6) is 0 Å². The monoisotopic (exact) mass is 392 g/mol. The number of aromatic nitrogens is 3. The van der Waals surface area contributed by atoms with Gasteiger partial charge < -0.3 is 14.7 Å². The molecule has 1 amide bonds. The van der Waals surface area contributed by atoms with E-state index >= 15 is 0 Å². The lowest BCUT2D eigenvalue weighted by Gasteiger charge is -2.43. The van der Waals surface area contributed by atoms with Crippen LogP contribution < -0.4 is 0 Å². The maximum absolute atomic E-state index is 12.8. The zero-order valence-electron chi connectivity index (χ0n) is 16.4. The van der Waals surface area contributed by atoms with E-state index in [4.69, 9.17) is 4.74 Å². The van der Waals surface area contributed by atoms with E-state index in [9.17, 15) is 9.90 Å². The Labute approximate surface area is 168 Å². The number of ether oxygens (including phenoxy) is 1. The van der Waals surface area contributed by atoms with E-state index < -0.39 is 5.60 Å². The Bertz CT molecular complexity index is 1030. The van der Waals surface area contributed by atoms with Crippen molar-refractivity contribution in [3.05, 3.63) is 65.6 Å². The van der Waals surface area contributed by atoms with Gasteiger partial charge in [0.15, 0.2) is 5.65 Å². The van der Waals surface area contributed by atoms with Crippen molar-refractivity contribution in [2.75, 3.05) is 0 Å². The van der Waals surface area contributed by atoms with Crippen LogP contribution in [-0.4, -0.2) is 42.8 Å². The normalized spacial score (nSPS) is 26.1. The molecule has 4 heterocycles. The molecule has 2 fully saturated rings. The highest BCUT2D eigenvalue weighted by molar-refractivity contribution is 5.69. The molecule has 2 saturated heterocycles. The van der Waals surface area contributed by atoms with Crippen LogP contribution >= 0.6 is 0 Å². The first kappa shape index (κ1) is 18.1. The van der Waals surface area contributed by atoms with Crippen molar-refractivity contribution >= 4 is 11.7 Å². The fraction of sp³-hybridized carbons (Fsp3) is 0.409. The van der Waals surface area contributed by atoms with Crippen LogP contribution in [0, 0.1) is 6.92 Å². The molecule has 2 aromatic heterocycles. The van der Waals surface area contributed by atoms with Crippen LogP contribution in [0.2, 0.25) is 0 Å². The van der Waals surface area contributed by atoms with E-state index in [1.165, 1.54) is 0 Å². The van der Waals surface area contributed by atoms with Crippen molar-refractivity contribution in [2.24, 2.45) is 0 Å². The van der Waals surface area contributed by atoms with Crippen LogP contribution in [0.15, 0.2) is 48.8 Å². The number of nitrogens with zero attached hydrogens (tertiary/aromatic N) is 4. The number of hydrogen-bond donors (Lipinski definition) is 1. The summed E-state index contributed by atoms with van der Waals surface area (Å²) in [7, 11) is 0. The quantitative estimate of drug-likeness (QED) is 0.740. The van der Waals surface area contributed by atoms with Gasteiger partial charge in [-0.25, -0.2) is 14.3 Å². The van der Waals surface area contributed by atoms with Gasteiger partial charge in [-0.2, -0.15) is 5.10 Å². The fourth-order valence-corrected chi connectivity index (χ4v) is 4.79. The van der Waals surface area contributed by atoms with Gasteiger partial charge in [-0.3, -0.25) is 0 Å². The third-order valence-electron chi connectivity index (χ3n) is 6.16. The topological polar surface area (TPSA) is 80.0 Å². The smallest absolute Gasteiger partial charge is 0.410 e. The average Bonchev–Trinajstić information content (AvgIpc) is 3.23. The predicted octanol–water partition coefficient (Wildman–Crippen LogP) is 3.19. The maximum Gasteiger partial charge on any atom is 0.410 e. The number of rotatable bonds is 3. The summed E-state index contributed by atoms with van der Waals surface area (Å²) in [5.74, 6) is 0. The second-order valence-electron chi connectivity index (χ2n) is 8.20. The van der Waals surface area contributed by atoms with Crippen LogP contribution in [0.3, 0.4) is 0 Å². The molecule has 7 heteroatoms. The van der Waals surface area contributed by atoms with E-state index in [0.717, 1.165) is 35.3 Å². The number of aliphatic hydroxyl groups is 1. The highest BCUT2D eigenvalue weighted by Crippen LogP contribution is 2.45. The Balaban J connectivity index is 1.32. The zero-order valence-corrected chi connectivity index (χ0v) is 16.4. The number of carbonyl (C=O) groups excluding carboxylic acids is 1. The summed E-state index contributed by atoms with van der Waals surface area (Å²) in [6.07, 6.45) is 6.03. The van der Waals surface area contributed by atoms with Gasteiger partial charge in [-0.05, 0) is 25.3 Å². The van der Waals surface area contributed by atoms with Gasteiger partial charge >= 0.3 is 6.09 Å². The largest absolute Gasteiger partial charge is 0.445 e. The first-order valence-corrected chi connectivity index (χ1v) is 10.1. The molecular formula is C22H24N4O3. The van der Waals surface area contributed by atoms with E-state index in [1.807, 2.05) is 54.4 Å². The minimum Gasteiger partial charge on any atom is -0.445 e. The summed E-state index contributed by atoms with van der Waals surface area (Å²) in [4.78, 5) is 19.0. The van der Waals surface area contributed by atoms with E-state index in [0.29, 0.717) is 12.8 Å². The number of amides is 1. The van der Waals surface area contributed by atoms with Gasteiger partial charge in [0.2, 0.25) is 0 Å². The molecule has 29 heavy (non-hydrogen) atoms. The molecule has 5 rings (SSSR count). The molecule has 0 spiro atoms. The van der Waals surface area contributed by atoms with Crippen molar-refractivity contribution in [3.8, 4) is 0 Å². The molecule has 0 aliphatic carbocycles. The number of hydrogen-bond acceptors (Lipinski definition) is 5. The van der Waals surface area contributed by atoms with Gasteiger partial charge in [0, 0.05) is 48.9 Å². The Morgan fingerprint density at radius 2 is 1.97 bits per heavy atom. The van der Waals surface area contributed by atoms with Gasteiger partial charge in [-0.1, -0.05) is 30.3 Å². The summed E-state index contributed by atoms with van der Waals surface area (Å²) < 4.78 is 7.27. The van der Waals surface area contributed by atoms with Crippen LogP contribution in [0.25, 0.3) is 5.65 Å². The number of fused-ring (bicyclic) bond motifs is 3. The van der Waals surface area contributed by atoms with Crippen molar-refractivity contribution in [1.29, 1.82) is 0 Å². The Morgan fingerprint density at radius 1 is 1.24 bits per heavy atom. The fourth-order valence-electron chi connectivity index (χ4n) is 4.79. The molecule has 2 bridgehead atoms. The lowest BCUT2D eigenvalue weighted by molar-refractivity contribution is -0.0541. The molecule has 0 saturated carbocycles. The lowest BCUT2D eigenvalue weighted by atomic mass is 9.82. The Hall–Kier alpha value is -2.93. The highest BCUT2D eigenvalue weighted by Gasteiger charge is 2.51. The molecule has 3 aromatic rings. The SMILES string of the molecule is Cc1cc2ncc(C3(O)CC4CCC(C3)N4C(=O)OCc3ccccc3)cn2n1. The molecule has 1 aromatic carbocycles. The Kier molecular flexibility index (Phi) is 4.28. The van der Waals surface area contributed by atoms with Crippen LogP contribution in [0.1, 0.15) is 42.5 Å². The van der Waals surface area contributed by atoms with E-state index in [-0.39, 0.29) is 24.8 Å². The van der Waals surface area contributed by atoms with Crippen molar-refractivity contribution < 1.29 is 14.6 Å². The van der Waals surface area contributed by atoms with E-state index in [1.54, 1.807) is 10.7 Å². The van der Waals surface area contributed by atoms with Gasteiger partial charge in [0.25, 0.3) is 0 Å². The first-order valence-electron chi connectivity index (χ1n) is 10.1. The molecule has 0 radical (unpaired) electrons. The summed E-state index contributed by atoms with van der Waals surface area (Å²) in [6, 6.07) is 11.5. The molecule has 2 unspecified atom stereocenters. The minimum absolute atomic E-state index is 0.0305. The summed E-state index contributed by atoms with van der Waals surface area (Å²) in [5, 5.41) is 15.8. The second-order valence-corrected chi connectivity index (χ2v) is 8.20. The van der Waals surface area contributed by atoms with Gasteiger partial charge in [0.1, 0.15) is 6.61 Å². The standard InChI is InChI=1S/C22H24N4O3/c1-15-9-20-23-12-17(13-25(20)24-15)22(28)10-18-7-8-19(11-22)26(18)21(27)29-14-16-5-3-2-4-6-16/h2-6,9,12-13,18-19,28H,7-8,10-11,14H2,1H3. The Morgan fingerprint density at radius 3 is 2.69 bits per heavy atom. The number of aryl methyl sites for hydroxylation is 1. The number of benzene rings is 1. The van der Waals surface area contributed by atoms with E-state index in [2.05, 4.69) is 10.1 Å². The van der Waals surface area contributed by atoms with Gasteiger partial charge in [0.05, 0.1) is 11.3 Å². The summed E-state index contributed by atoms with van der Waals surface area (Å²) in [5.41, 5.74) is 2.36. The predicted molar refractivity (Wildman–Crippen MR) is 106 cm³/mol. The van der Waals surface area contributed by atoms with Gasteiger partial charge in [-0.15, -0.1) is 0 Å². The molecule has 2 aliphatic heterocycles. The zero-order chi connectivity index (χ0) is 20.0. The summed E-state index contributed by atoms with van der Waals surface area (Å²) >= 11 is 0. The van der Waals surface area contributed by atoms with Crippen LogP contribution in [0.4, 0.5) is 4.79 Å². The highest BCUT2D eigenvalue weighted by atomic mass is 16.6.